The standard InChI is InChI=1S/C16H31N/c1-12-6-5-7-14(12)11-17-15-8-9-16(3,4)10-13(15)2/h12-15,17H,5-11H2,1-4H3. The van der Waals surface area contributed by atoms with Crippen LogP contribution in [-0.4, -0.2) is 12.6 Å². The van der Waals surface area contributed by atoms with Gasteiger partial charge in [0.1, 0.15) is 0 Å². The maximum Gasteiger partial charge on any atom is 0.00932 e. The molecule has 2 rings (SSSR count). The SMILES string of the molecule is CC1CCCC1CNC1CCC(C)(C)CC1C. The Morgan fingerprint density at radius 3 is 2.41 bits per heavy atom. The van der Waals surface area contributed by atoms with Crippen molar-refractivity contribution in [1.82, 2.24) is 5.32 Å². The zero-order chi connectivity index (χ0) is 12.5. The van der Waals surface area contributed by atoms with Crippen molar-refractivity contribution < 1.29 is 0 Å². The Morgan fingerprint density at radius 1 is 1.06 bits per heavy atom. The third-order valence-corrected chi connectivity index (χ3v) is 5.37. The van der Waals surface area contributed by atoms with Gasteiger partial charge in [-0.15, -0.1) is 0 Å². The van der Waals surface area contributed by atoms with E-state index >= 15 is 0 Å². The van der Waals surface area contributed by atoms with Crippen LogP contribution in [0.5, 0.6) is 0 Å². The van der Waals surface area contributed by atoms with Gasteiger partial charge in [0.25, 0.3) is 0 Å². The summed E-state index contributed by atoms with van der Waals surface area (Å²) in [6.07, 6.45) is 8.55. The van der Waals surface area contributed by atoms with E-state index in [1.54, 1.807) is 0 Å². The normalized spacial score (nSPS) is 41.6. The molecule has 0 bridgehead atoms. The molecule has 0 radical (unpaired) electrons. The summed E-state index contributed by atoms with van der Waals surface area (Å²) < 4.78 is 0. The van der Waals surface area contributed by atoms with Crippen LogP contribution in [0.4, 0.5) is 0 Å². The average Bonchev–Trinajstić information content (AvgIpc) is 2.62. The lowest BCUT2D eigenvalue weighted by atomic mass is 9.70. The second-order valence-electron chi connectivity index (χ2n) is 7.57. The Labute approximate surface area is 108 Å². The van der Waals surface area contributed by atoms with E-state index in [0.717, 1.165) is 23.8 Å². The van der Waals surface area contributed by atoms with Gasteiger partial charge in [-0.3, -0.25) is 0 Å². The Bertz CT molecular complexity index is 246. The lowest BCUT2D eigenvalue weighted by Gasteiger charge is -2.40. The summed E-state index contributed by atoms with van der Waals surface area (Å²) in [7, 11) is 0. The molecule has 100 valence electrons. The number of rotatable bonds is 3. The van der Waals surface area contributed by atoms with E-state index in [1.807, 2.05) is 0 Å². The van der Waals surface area contributed by atoms with Gasteiger partial charge in [0, 0.05) is 6.04 Å². The molecule has 4 unspecified atom stereocenters. The zero-order valence-electron chi connectivity index (χ0n) is 12.3. The van der Waals surface area contributed by atoms with E-state index in [4.69, 9.17) is 0 Å². The molecule has 2 saturated carbocycles. The van der Waals surface area contributed by atoms with Crippen molar-refractivity contribution in [2.45, 2.75) is 72.3 Å². The molecular formula is C16H31N. The van der Waals surface area contributed by atoms with Crippen molar-refractivity contribution in [3.05, 3.63) is 0 Å². The topological polar surface area (TPSA) is 12.0 Å². The van der Waals surface area contributed by atoms with Gasteiger partial charge in [0.2, 0.25) is 0 Å². The molecule has 0 aromatic rings. The van der Waals surface area contributed by atoms with Crippen LogP contribution in [0.2, 0.25) is 0 Å². The minimum Gasteiger partial charge on any atom is -0.313 e. The molecule has 1 heteroatoms. The Kier molecular flexibility index (Phi) is 4.18. The first-order chi connectivity index (χ1) is 7.98. The highest BCUT2D eigenvalue weighted by molar-refractivity contribution is 4.88. The fourth-order valence-corrected chi connectivity index (χ4v) is 4.08. The Balaban J connectivity index is 1.76. The maximum absolute atomic E-state index is 3.88. The lowest BCUT2D eigenvalue weighted by molar-refractivity contribution is 0.144. The highest BCUT2D eigenvalue weighted by atomic mass is 14.9. The second-order valence-corrected chi connectivity index (χ2v) is 7.57. The monoisotopic (exact) mass is 237 g/mol. The minimum atomic E-state index is 0.582. The summed E-state index contributed by atoms with van der Waals surface area (Å²) in [5.74, 6) is 2.77. The summed E-state index contributed by atoms with van der Waals surface area (Å²) in [6, 6.07) is 0.788. The van der Waals surface area contributed by atoms with Crippen LogP contribution < -0.4 is 5.32 Å². The molecule has 1 nitrogen and oxygen atoms in total. The largest absolute Gasteiger partial charge is 0.313 e. The molecule has 0 aromatic heterocycles. The first kappa shape index (κ1) is 13.4. The summed E-state index contributed by atoms with van der Waals surface area (Å²) >= 11 is 0. The molecule has 2 fully saturated rings. The maximum atomic E-state index is 3.88. The van der Waals surface area contributed by atoms with Crippen LogP contribution in [0, 0.1) is 23.2 Å². The third-order valence-electron chi connectivity index (χ3n) is 5.37. The van der Waals surface area contributed by atoms with Crippen molar-refractivity contribution in [3.63, 3.8) is 0 Å². The molecule has 0 saturated heterocycles. The van der Waals surface area contributed by atoms with E-state index in [2.05, 4.69) is 33.0 Å². The van der Waals surface area contributed by atoms with Crippen LogP contribution >= 0.6 is 0 Å². The van der Waals surface area contributed by atoms with Gasteiger partial charge in [-0.1, -0.05) is 40.5 Å². The van der Waals surface area contributed by atoms with Gasteiger partial charge in [-0.05, 0) is 55.4 Å². The minimum absolute atomic E-state index is 0.582. The van der Waals surface area contributed by atoms with Crippen molar-refractivity contribution in [2.75, 3.05) is 6.54 Å². The van der Waals surface area contributed by atoms with E-state index in [0.29, 0.717) is 5.41 Å². The highest BCUT2D eigenvalue weighted by Gasteiger charge is 2.33. The van der Waals surface area contributed by atoms with Gasteiger partial charge in [0.15, 0.2) is 0 Å². The number of nitrogens with one attached hydrogen (secondary N) is 1. The number of hydrogen-bond acceptors (Lipinski definition) is 1. The van der Waals surface area contributed by atoms with Gasteiger partial charge in [0.05, 0.1) is 0 Å². The molecule has 2 aliphatic rings. The van der Waals surface area contributed by atoms with Crippen LogP contribution in [0.3, 0.4) is 0 Å². The van der Waals surface area contributed by atoms with E-state index < -0.39 is 0 Å². The first-order valence-electron chi connectivity index (χ1n) is 7.71. The molecule has 0 aliphatic heterocycles. The summed E-state index contributed by atoms with van der Waals surface area (Å²) in [6.45, 7) is 11.0. The molecule has 1 N–H and O–H groups in total. The summed E-state index contributed by atoms with van der Waals surface area (Å²) in [4.78, 5) is 0. The molecule has 17 heavy (non-hydrogen) atoms. The van der Waals surface area contributed by atoms with Gasteiger partial charge in [-0.2, -0.15) is 0 Å². The van der Waals surface area contributed by atoms with Crippen molar-refractivity contribution in [1.29, 1.82) is 0 Å². The molecule has 4 atom stereocenters. The quantitative estimate of drug-likeness (QED) is 0.774. The van der Waals surface area contributed by atoms with E-state index in [9.17, 15) is 0 Å². The van der Waals surface area contributed by atoms with Crippen molar-refractivity contribution >= 4 is 0 Å². The first-order valence-corrected chi connectivity index (χ1v) is 7.71. The summed E-state index contributed by atoms with van der Waals surface area (Å²) in [5, 5.41) is 3.88. The van der Waals surface area contributed by atoms with Crippen molar-refractivity contribution in [2.24, 2.45) is 23.2 Å². The fraction of sp³-hybridized carbons (Fsp3) is 1.00. The smallest absolute Gasteiger partial charge is 0.00932 e. The van der Waals surface area contributed by atoms with Crippen LogP contribution in [0.15, 0.2) is 0 Å². The van der Waals surface area contributed by atoms with Crippen LogP contribution in [-0.2, 0) is 0 Å². The molecule has 0 spiro atoms. The molecule has 0 amide bonds. The molecule has 0 heterocycles. The van der Waals surface area contributed by atoms with Crippen molar-refractivity contribution in [3.8, 4) is 0 Å². The molecular weight excluding hydrogens is 206 g/mol. The highest BCUT2D eigenvalue weighted by Crippen LogP contribution is 2.39. The zero-order valence-corrected chi connectivity index (χ0v) is 12.3. The Hall–Kier alpha value is -0.0400. The van der Waals surface area contributed by atoms with Gasteiger partial charge < -0.3 is 5.32 Å². The average molecular weight is 237 g/mol. The predicted molar refractivity (Wildman–Crippen MR) is 75.1 cm³/mol. The molecule has 2 aliphatic carbocycles. The molecule has 0 aromatic carbocycles. The van der Waals surface area contributed by atoms with Gasteiger partial charge in [-0.25, -0.2) is 0 Å². The van der Waals surface area contributed by atoms with Crippen LogP contribution in [0.1, 0.15) is 66.2 Å². The van der Waals surface area contributed by atoms with Crippen LogP contribution in [0.25, 0.3) is 0 Å². The number of hydrogen-bond donors (Lipinski definition) is 1. The van der Waals surface area contributed by atoms with E-state index in [-0.39, 0.29) is 0 Å². The Morgan fingerprint density at radius 2 is 1.82 bits per heavy atom. The summed E-state index contributed by atoms with van der Waals surface area (Å²) in [5.41, 5.74) is 0.582. The lowest BCUT2D eigenvalue weighted by Crippen LogP contribution is -2.43. The van der Waals surface area contributed by atoms with E-state index in [1.165, 1.54) is 45.1 Å². The second kappa shape index (κ2) is 5.30. The predicted octanol–water partition coefficient (Wildman–Crippen LogP) is 4.23. The fourth-order valence-electron chi connectivity index (χ4n) is 4.08. The van der Waals surface area contributed by atoms with Gasteiger partial charge >= 0.3 is 0 Å². The third kappa shape index (κ3) is 3.47.